The molecular formula is C23H26N6O2. The molecular weight excluding hydrogens is 392 g/mol. The zero-order valence-electron chi connectivity index (χ0n) is 17.5. The van der Waals surface area contributed by atoms with Gasteiger partial charge in [0.1, 0.15) is 5.82 Å². The third kappa shape index (κ3) is 4.35. The minimum absolute atomic E-state index is 0.197. The highest BCUT2D eigenvalue weighted by molar-refractivity contribution is 5.91. The summed E-state index contributed by atoms with van der Waals surface area (Å²) in [5.41, 5.74) is 1.83. The second kappa shape index (κ2) is 8.95. The Balaban J connectivity index is 1.33. The first kappa shape index (κ1) is 19.8. The van der Waals surface area contributed by atoms with Crippen molar-refractivity contribution < 1.29 is 9.53 Å². The lowest BCUT2D eigenvalue weighted by molar-refractivity contribution is -0.136. The summed E-state index contributed by atoms with van der Waals surface area (Å²) in [5.74, 6) is 1.83. The van der Waals surface area contributed by atoms with Gasteiger partial charge in [-0.1, -0.05) is 12.1 Å². The van der Waals surface area contributed by atoms with Crippen LogP contribution in [0.3, 0.4) is 0 Å². The number of nitrogens with zero attached hydrogens (tertiary/aromatic N) is 6. The monoisotopic (exact) mass is 418 g/mol. The Bertz CT molecular complexity index is 1050. The molecule has 1 amide bonds. The highest BCUT2D eigenvalue weighted by Gasteiger charge is 2.25. The molecule has 0 aliphatic carbocycles. The van der Waals surface area contributed by atoms with Crippen molar-refractivity contribution in [2.24, 2.45) is 0 Å². The number of rotatable bonds is 4. The first-order valence-electron chi connectivity index (χ1n) is 10.8. The van der Waals surface area contributed by atoms with Gasteiger partial charge in [0.15, 0.2) is 5.82 Å². The fourth-order valence-electron chi connectivity index (χ4n) is 4.15. The molecule has 0 atom stereocenters. The van der Waals surface area contributed by atoms with E-state index in [0.29, 0.717) is 38.7 Å². The lowest BCUT2D eigenvalue weighted by Gasteiger charge is -2.37. The molecule has 1 aromatic carbocycles. The van der Waals surface area contributed by atoms with Gasteiger partial charge < -0.3 is 14.5 Å². The Morgan fingerprint density at radius 3 is 2.52 bits per heavy atom. The number of amides is 1. The van der Waals surface area contributed by atoms with Gasteiger partial charge in [-0.3, -0.25) is 14.7 Å². The van der Waals surface area contributed by atoms with E-state index < -0.39 is 0 Å². The van der Waals surface area contributed by atoms with Crippen LogP contribution in [0, 0.1) is 0 Å². The van der Waals surface area contributed by atoms with Gasteiger partial charge in [-0.2, -0.15) is 0 Å². The number of hydrogen-bond donors (Lipinski definition) is 0. The summed E-state index contributed by atoms with van der Waals surface area (Å²) in [6.45, 7) is 6.45. The quantitative estimate of drug-likeness (QED) is 0.638. The van der Waals surface area contributed by atoms with E-state index in [1.54, 1.807) is 12.4 Å². The Morgan fingerprint density at radius 2 is 1.74 bits per heavy atom. The molecule has 0 bridgehead atoms. The molecule has 2 aromatic heterocycles. The first-order valence-corrected chi connectivity index (χ1v) is 10.8. The number of ether oxygens (including phenoxy) is 1. The summed E-state index contributed by atoms with van der Waals surface area (Å²) in [6.07, 6.45) is 3.55. The van der Waals surface area contributed by atoms with Crippen molar-refractivity contribution >= 4 is 22.6 Å². The van der Waals surface area contributed by atoms with E-state index in [1.807, 2.05) is 35.2 Å². The minimum atomic E-state index is 0.197. The average molecular weight is 419 g/mol. The number of para-hydroxylation sites is 1. The molecule has 0 unspecified atom stereocenters. The highest BCUT2D eigenvalue weighted by Crippen LogP contribution is 2.28. The van der Waals surface area contributed by atoms with Crippen LogP contribution in [0.25, 0.3) is 22.3 Å². The van der Waals surface area contributed by atoms with Crippen LogP contribution in [-0.2, 0) is 9.53 Å². The number of piperazine rings is 1. The number of pyridine rings is 1. The number of aromatic nitrogens is 3. The molecule has 0 saturated carbocycles. The van der Waals surface area contributed by atoms with Gasteiger partial charge in [0.25, 0.3) is 0 Å². The van der Waals surface area contributed by atoms with E-state index in [1.165, 1.54) is 0 Å². The second-order valence-electron chi connectivity index (χ2n) is 7.89. The largest absolute Gasteiger partial charge is 0.378 e. The van der Waals surface area contributed by atoms with Crippen molar-refractivity contribution in [3.05, 3.63) is 48.8 Å². The minimum Gasteiger partial charge on any atom is -0.378 e. The molecule has 31 heavy (non-hydrogen) atoms. The Morgan fingerprint density at radius 1 is 0.935 bits per heavy atom. The summed E-state index contributed by atoms with van der Waals surface area (Å²) in [7, 11) is 0. The van der Waals surface area contributed by atoms with Crippen molar-refractivity contribution in [1.82, 2.24) is 24.8 Å². The molecule has 3 aromatic rings. The number of benzene rings is 1. The standard InChI is InChI=1S/C23H26N6O2/c30-21(28-12-14-31-15-13-28)17-27-8-10-29(11-9-27)23-19-5-1-2-6-20(19)25-22(26-23)18-4-3-7-24-16-18/h1-7,16H,8-15,17H2. The zero-order chi connectivity index (χ0) is 21.0. The molecule has 0 spiro atoms. The van der Waals surface area contributed by atoms with Gasteiger partial charge in [-0.15, -0.1) is 0 Å². The van der Waals surface area contributed by atoms with Crippen LogP contribution >= 0.6 is 0 Å². The molecule has 5 rings (SSSR count). The Labute approximate surface area is 181 Å². The van der Waals surface area contributed by atoms with Gasteiger partial charge in [-0.25, -0.2) is 9.97 Å². The van der Waals surface area contributed by atoms with Gasteiger partial charge in [0.2, 0.25) is 5.91 Å². The molecule has 0 radical (unpaired) electrons. The van der Waals surface area contributed by atoms with Gasteiger partial charge in [0, 0.05) is 62.6 Å². The fraction of sp³-hybridized carbons (Fsp3) is 0.391. The van der Waals surface area contributed by atoms with E-state index in [0.717, 1.165) is 48.5 Å². The summed E-state index contributed by atoms with van der Waals surface area (Å²) in [5, 5.41) is 1.05. The lowest BCUT2D eigenvalue weighted by atomic mass is 10.2. The van der Waals surface area contributed by atoms with Crippen molar-refractivity contribution in [1.29, 1.82) is 0 Å². The maximum Gasteiger partial charge on any atom is 0.236 e. The van der Waals surface area contributed by atoms with Crippen molar-refractivity contribution in [2.75, 3.05) is 63.9 Å². The van der Waals surface area contributed by atoms with Gasteiger partial charge in [0.05, 0.1) is 25.3 Å². The van der Waals surface area contributed by atoms with Crippen LogP contribution < -0.4 is 4.90 Å². The van der Waals surface area contributed by atoms with E-state index >= 15 is 0 Å². The van der Waals surface area contributed by atoms with Crippen LogP contribution in [0.15, 0.2) is 48.8 Å². The predicted octanol–water partition coefficient (Wildman–Crippen LogP) is 1.67. The van der Waals surface area contributed by atoms with Crippen molar-refractivity contribution in [3.63, 3.8) is 0 Å². The molecule has 4 heterocycles. The van der Waals surface area contributed by atoms with Crippen LogP contribution in [0.5, 0.6) is 0 Å². The number of carbonyl (C=O) groups excluding carboxylic acids is 1. The van der Waals surface area contributed by atoms with E-state index in [4.69, 9.17) is 14.7 Å². The summed E-state index contributed by atoms with van der Waals surface area (Å²) in [6, 6.07) is 12.0. The first-order chi connectivity index (χ1) is 15.3. The van der Waals surface area contributed by atoms with Gasteiger partial charge >= 0.3 is 0 Å². The molecule has 2 aliphatic heterocycles. The molecule has 8 nitrogen and oxygen atoms in total. The average Bonchev–Trinajstić information content (AvgIpc) is 2.85. The predicted molar refractivity (Wildman–Crippen MR) is 119 cm³/mol. The lowest BCUT2D eigenvalue weighted by Crippen LogP contribution is -2.51. The number of hydrogen-bond acceptors (Lipinski definition) is 7. The maximum atomic E-state index is 12.6. The fourth-order valence-corrected chi connectivity index (χ4v) is 4.15. The SMILES string of the molecule is O=C(CN1CCN(c2nc(-c3cccnc3)nc3ccccc23)CC1)N1CCOCC1. The summed E-state index contributed by atoms with van der Waals surface area (Å²) in [4.78, 5) is 32.9. The van der Waals surface area contributed by atoms with Crippen LogP contribution in [0.2, 0.25) is 0 Å². The normalized spacial score (nSPS) is 17.8. The topological polar surface area (TPSA) is 74.7 Å². The van der Waals surface area contributed by atoms with Gasteiger partial charge in [-0.05, 0) is 24.3 Å². The third-order valence-electron chi connectivity index (χ3n) is 5.90. The zero-order valence-corrected chi connectivity index (χ0v) is 17.5. The molecule has 160 valence electrons. The second-order valence-corrected chi connectivity index (χ2v) is 7.89. The highest BCUT2D eigenvalue weighted by atomic mass is 16.5. The Hall–Kier alpha value is -3.10. The van der Waals surface area contributed by atoms with Crippen molar-refractivity contribution in [3.8, 4) is 11.4 Å². The molecule has 8 heteroatoms. The number of carbonyl (C=O) groups is 1. The van der Waals surface area contributed by atoms with E-state index in [2.05, 4.69) is 20.9 Å². The smallest absolute Gasteiger partial charge is 0.236 e. The summed E-state index contributed by atoms with van der Waals surface area (Å²) < 4.78 is 5.35. The van der Waals surface area contributed by atoms with Crippen molar-refractivity contribution in [2.45, 2.75) is 0 Å². The van der Waals surface area contributed by atoms with Crippen LogP contribution in [0.1, 0.15) is 0 Å². The number of anilines is 1. The third-order valence-corrected chi connectivity index (χ3v) is 5.90. The van der Waals surface area contributed by atoms with Crippen LogP contribution in [-0.4, -0.2) is 89.7 Å². The van der Waals surface area contributed by atoms with Crippen LogP contribution in [0.4, 0.5) is 5.82 Å². The van der Waals surface area contributed by atoms with E-state index in [9.17, 15) is 4.79 Å². The number of morpholine rings is 1. The Kier molecular flexibility index (Phi) is 5.73. The maximum absolute atomic E-state index is 12.6. The molecule has 2 aliphatic rings. The summed E-state index contributed by atoms with van der Waals surface area (Å²) >= 11 is 0. The molecule has 2 saturated heterocycles. The van der Waals surface area contributed by atoms with E-state index in [-0.39, 0.29) is 5.91 Å². The molecule has 2 fully saturated rings. The number of fused-ring (bicyclic) bond motifs is 1. The molecule has 0 N–H and O–H groups in total.